The number of hydrogen-bond donors (Lipinski definition) is 1. The van der Waals surface area contributed by atoms with Crippen LogP contribution in [0.2, 0.25) is 0 Å². The van der Waals surface area contributed by atoms with Crippen LogP contribution in [0.15, 0.2) is 66.9 Å². The van der Waals surface area contributed by atoms with Gasteiger partial charge in [-0.25, -0.2) is 14.5 Å². The van der Waals surface area contributed by atoms with Crippen molar-refractivity contribution in [2.24, 2.45) is 0 Å². The van der Waals surface area contributed by atoms with Crippen molar-refractivity contribution in [3.05, 3.63) is 78.0 Å². The number of rotatable bonds is 6. The van der Waals surface area contributed by atoms with Crippen molar-refractivity contribution in [1.29, 1.82) is 0 Å². The van der Waals surface area contributed by atoms with E-state index in [-0.39, 0.29) is 6.04 Å². The molecule has 2 heterocycles. The van der Waals surface area contributed by atoms with Crippen molar-refractivity contribution in [2.45, 2.75) is 26.8 Å². The first-order chi connectivity index (χ1) is 15.4. The molecule has 0 aliphatic carbocycles. The monoisotopic (exact) mass is 428 g/mol. The number of esters is 1. The third-order valence-electron chi connectivity index (χ3n) is 5.10. The Kier molecular flexibility index (Phi) is 5.98. The highest BCUT2D eigenvalue weighted by molar-refractivity contribution is 6.04. The van der Waals surface area contributed by atoms with Gasteiger partial charge in [0.15, 0.2) is 12.3 Å². The summed E-state index contributed by atoms with van der Waals surface area (Å²) in [6.07, 6.45) is 1.61. The lowest BCUT2D eigenvalue weighted by Gasteiger charge is -2.11. The fraction of sp³-hybridized carbons (Fsp3) is 0.200. The molecule has 32 heavy (non-hydrogen) atoms. The molecule has 0 bridgehead atoms. The molecule has 7 nitrogen and oxygen atoms in total. The van der Waals surface area contributed by atoms with Crippen molar-refractivity contribution in [3.63, 3.8) is 0 Å². The average Bonchev–Trinajstić information content (AvgIpc) is 3.23. The van der Waals surface area contributed by atoms with E-state index < -0.39 is 18.5 Å². The zero-order valence-electron chi connectivity index (χ0n) is 18.2. The van der Waals surface area contributed by atoms with Crippen LogP contribution in [0, 0.1) is 6.92 Å². The molecular formula is C25H24N4O3. The number of nitrogens with one attached hydrogen (secondary N) is 1. The third-order valence-corrected chi connectivity index (χ3v) is 5.10. The van der Waals surface area contributed by atoms with Gasteiger partial charge < -0.3 is 10.1 Å². The molecule has 2 aromatic carbocycles. The molecule has 7 heteroatoms. The smallest absolute Gasteiger partial charge is 0.339 e. The molecule has 0 fully saturated rings. The number of pyridine rings is 1. The summed E-state index contributed by atoms with van der Waals surface area (Å²) >= 11 is 0. The van der Waals surface area contributed by atoms with E-state index in [0.29, 0.717) is 28.0 Å². The quantitative estimate of drug-likeness (QED) is 0.447. The first-order valence-corrected chi connectivity index (χ1v) is 10.4. The first-order valence-electron chi connectivity index (χ1n) is 10.4. The molecule has 0 spiro atoms. The van der Waals surface area contributed by atoms with Gasteiger partial charge in [-0.2, -0.15) is 5.10 Å². The predicted molar refractivity (Wildman–Crippen MR) is 123 cm³/mol. The number of para-hydroxylation sites is 1. The lowest BCUT2D eigenvalue weighted by atomic mass is 10.1. The minimum Gasteiger partial charge on any atom is -0.452 e. The van der Waals surface area contributed by atoms with Crippen molar-refractivity contribution in [3.8, 4) is 11.3 Å². The van der Waals surface area contributed by atoms with Crippen LogP contribution in [-0.4, -0.2) is 33.2 Å². The number of aromatic nitrogens is 3. The molecule has 2 aromatic heterocycles. The highest BCUT2D eigenvalue weighted by Gasteiger charge is 2.20. The van der Waals surface area contributed by atoms with Crippen LogP contribution in [0.4, 0.5) is 5.69 Å². The molecule has 1 N–H and O–H groups in total. The molecule has 0 atom stereocenters. The summed E-state index contributed by atoms with van der Waals surface area (Å²) in [5, 5.41) is 7.75. The second kappa shape index (κ2) is 9.01. The first kappa shape index (κ1) is 21.2. The van der Waals surface area contributed by atoms with E-state index in [1.54, 1.807) is 23.0 Å². The zero-order chi connectivity index (χ0) is 22.7. The SMILES string of the molecule is Cc1ccccc1NC(=O)COC(=O)c1cc(-c2ccccc2)nc2c1cnn2C(C)C. The molecule has 4 rings (SSSR count). The Balaban J connectivity index is 1.61. The summed E-state index contributed by atoms with van der Waals surface area (Å²) in [4.78, 5) is 30.1. The Morgan fingerprint density at radius 2 is 1.78 bits per heavy atom. The summed E-state index contributed by atoms with van der Waals surface area (Å²) < 4.78 is 7.12. The Bertz CT molecular complexity index is 1280. The second-order valence-corrected chi connectivity index (χ2v) is 7.78. The van der Waals surface area contributed by atoms with Gasteiger partial charge in [0.2, 0.25) is 0 Å². The largest absolute Gasteiger partial charge is 0.452 e. The standard InChI is InChI=1S/C25H24N4O3/c1-16(2)29-24-20(14-26-29)19(13-22(28-24)18-10-5-4-6-11-18)25(31)32-15-23(30)27-21-12-8-7-9-17(21)3/h4-14,16H,15H2,1-3H3,(H,27,30). The van der Waals surface area contributed by atoms with E-state index in [0.717, 1.165) is 11.1 Å². The van der Waals surface area contributed by atoms with Crippen molar-refractivity contribution >= 4 is 28.6 Å². The maximum Gasteiger partial charge on any atom is 0.339 e. The average molecular weight is 428 g/mol. The summed E-state index contributed by atoms with van der Waals surface area (Å²) in [6.45, 7) is 5.50. The number of anilines is 1. The van der Waals surface area contributed by atoms with E-state index in [9.17, 15) is 9.59 Å². The van der Waals surface area contributed by atoms with E-state index >= 15 is 0 Å². The van der Waals surface area contributed by atoms with E-state index in [1.807, 2.05) is 69.3 Å². The number of amides is 1. The fourth-order valence-corrected chi connectivity index (χ4v) is 3.43. The second-order valence-electron chi connectivity index (χ2n) is 7.78. The molecule has 4 aromatic rings. The van der Waals surface area contributed by atoms with Crippen LogP contribution in [0.5, 0.6) is 0 Å². The Labute approximate surface area is 186 Å². The van der Waals surface area contributed by atoms with Gasteiger partial charge in [-0.15, -0.1) is 0 Å². The molecule has 0 unspecified atom stereocenters. The molecule has 0 radical (unpaired) electrons. The van der Waals surface area contributed by atoms with Crippen LogP contribution in [0.25, 0.3) is 22.3 Å². The topological polar surface area (TPSA) is 86.1 Å². The van der Waals surface area contributed by atoms with Gasteiger partial charge >= 0.3 is 5.97 Å². The molecule has 162 valence electrons. The van der Waals surface area contributed by atoms with Crippen LogP contribution >= 0.6 is 0 Å². The van der Waals surface area contributed by atoms with Crippen LogP contribution in [0.1, 0.15) is 35.8 Å². The lowest BCUT2D eigenvalue weighted by molar-refractivity contribution is -0.119. The van der Waals surface area contributed by atoms with Crippen molar-refractivity contribution in [2.75, 3.05) is 11.9 Å². The van der Waals surface area contributed by atoms with Crippen LogP contribution in [0.3, 0.4) is 0 Å². The summed E-state index contributed by atoms with van der Waals surface area (Å²) in [7, 11) is 0. The van der Waals surface area contributed by atoms with Crippen molar-refractivity contribution in [1.82, 2.24) is 14.8 Å². The maximum atomic E-state index is 13.0. The number of aryl methyl sites for hydroxylation is 1. The molecule has 0 aliphatic heterocycles. The van der Waals surface area contributed by atoms with Gasteiger partial charge in [-0.3, -0.25) is 4.79 Å². The Morgan fingerprint density at radius 1 is 1.06 bits per heavy atom. The highest BCUT2D eigenvalue weighted by Crippen LogP contribution is 2.27. The van der Waals surface area contributed by atoms with Gasteiger partial charge in [0, 0.05) is 17.3 Å². The highest BCUT2D eigenvalue weighted by atomic mass is 16.5. The van der Waals surface area contributed by atoms with E-state index in [2.05, 4.69) is 10.4 Å². The summed E-state index contributed by atoms with van der Waals surface area (Å²) in [6, 6.07) is 18.8. The van der Waals surface area contributed by atoms with Gasteiger partial charge in [-0.1, -0.05) is 48.5 Å². The number of benzene rings is 2. The Hall–Kier alpha value is -4.00. The molecule has 1 amide bonds. The normalized spacial score (nSPS) is 11.0. The molecule has 0 saturated heterocycles. The van der Waals surface area contributed by atoms with Crippen LogP contribution in [-0.2, 0) is 9.53 Å². The summed E-state index contributed by atoms with van der Waals surface area (Å²) in [5.41, 5.74) is 4.04. The zero-order valence-corrected chi connectivity index (χ0v) is 18.2. The number of ether oxygens (including phenoxy) is 1. The third kappa shape index (κ3) is 4.37. The van der Waals surface area contributed by atoms with E-state index in [1.165, 1.54) is 0 Å². The Morgan fingerprint density at radius 3 is 2.50 bits per heavy atom. The molecular weight excluding hydrogens is 404 g/mol. The molecule has 0 saturated carbocycles. The lowest BCUT2D eigenvalue weighted by Crippen LogP contribution is -2.21. The van der Waals surface area contributed by atoms with Gasteiger partial charge in [0.25, 0.3) is 5.91 Å². The number of hydrogen-bond acceptors (Lipinski definition) is 5. The number of nitrogens with zero attached hydrogens (tertiary/aromatic N) is 3. The van der Waals surface area contributed by atoms with E-state index in [4.69, 9.17) is 9.72 Å². The van der Waals surface area contributed by atoms with Crippen LogP contribution < -0.4 is 5.32 Å². The van der Waals surface area contributed by atoms with Crippen molar-refractivity contribution < 1.29 is 14.3 Å². The minimum absolute atomic E-state index is 0.0646. The minimum atomic E-state index is -0.599. The van der Waals surface area contributed by atoms with Gasteiger partial charge in [0.05, 0.1) is 22.8 Å². The number of fused-ring (bicyclic) bond motifs is 1. The maximum absolute atomic E-state index is 13.0. The summed E-state index contributed by atoms with van der Waals surface area (Å²) in [5.74, 6) is -1.00. The number of carbonyl (C=O) groups is 2. The van der Waals surface area contributed by atoms with Gasteiger partial charge in [0.1, 0.15) is 0 Å². The molecule has 0 aliphatic rings. The van der Waals surface area contributed by atoms with Gasteiger partial charge in [-0.05, 0) is 38.5 Å². The number of carbonyl (C=O) groups excluding carboxylic acids is 2. The fourth-order valence-electron chi connectivity index (χ4n) is 3.43. The predicted octanol–water partition coefficient (Wildman–Crippen LogP) is 4.78.